The molecule has 4 heteroatoms. The van der Waals surface area contributed by atoms with Gasteiger partial charge in [-0.25, -0.2) is 4.79 Å². The van der Waals surface area contributed by atoms with Crippen LogP contribution in [0, 0.1) is 0 Å². The van der Waals surface area contributed by atoms with Crippen LogP contribution >= 0.6 is 0 Å². The Morgan fingerprint density at radius 1 is 1.21 bits per heavy atom. The summed E-state index contributed by atoms with van der Waals surface area (Å²) in [6.45, 7) is 1.95. The number of hydrogen-bond donors (Lipinski definition) is 0. The van der Waals surface area contributed by atoms with E-state index in [0.717, 1.165) is 36.1 Å². The number of ether oxygens (including phenoxy) is 3. The average Bonchev–Trinajstić information content (AvgIpc) is 3.15. The van der Waals surface area contributed by atoms with E-state index in [1.54, 1.807) is 6.07 Å². The standard InChI is InChI=1S/C20H22O4/c1-22-20(21)18-10-9-15(13-23-14-17-8-5-11-24-17)12-19(18)16-6-3-2-4-7-16/h2-4,6-7,9-10,12,17H,5,8,11,13-14H2,1H3. The molecule has 0 amide bonds. The maximum atomic E-state index is 12.0. The fourth-order valence-corrected chi connectivity index (χ4v) is 2.91. The van der Waals surface area contributed by atoms with E-state index >= 15 is 0 Å². The second-order valence-corrected chi connectivity index (χ2v) is 5.89. The van der Waals surface area contributed by atoms with Gasteiger partial charge in [0.05, 0.1) is 32.0 Å². The van der Waals surface area contributed by atoms with Crippen molar-refractivity contribution < 1.29 is 19.0 Å². The Kier molecular flexibility index (Phi) is 5.62. The lowest BCUT2D eigenvalue weighted by atomic mass is 9.97. The first-order valence-electron chi connectivity index (χ1n) is 8.24. The van der Waals surface area contributed by atoms with Gasteiger partial charge in [-0.1, -0.05) is 36.4 Å². The van der Waals surface area contributed by atoms with Crippen molar-refractivity contribution in [3.05, 3.63) is 59.7 Å². The van der Waals surface area contributed by atoms with E-state index in [0.29, 0.717) is 18.8 Å². The summed E-state index contributed by atoms with van der Waals surface area (Å²) in [6, 6.07) is 15.5. The molecule has 0 aromatic heterocycles. The number of rotatable bonds is 6. The summed E-state index contributed by atoms with van der Waals surface area (Å²) in [5.41, 5.74) is 3.44. The number of carbonyl (C=O) groups is 1. The van der Waals surface area contributed by atoms with Crippen molar-refractivity contribution in [1.29, 1.82) is 0 Å². The molecule has 0 saturated carbocycles. The lowest BCUT2D eigenvalue weighted by Crippen LogP contribution is -2.14. The van der Waals surface area contributed by atoms with Gasteiger partial charge in [-0.3, -0.25) is 0 Å². The highest BCUT2D eigenvalue weighted by Gasteiger charge is 2.16. The highest BCUT2D eigenvalue weighted by Crippen LogP contribution is 2.26. The van der Waals surface area contributed by atoms with Gasteiger partial charge in [-0.15, -0.1) is 0 Å². The molecule has 1 atom stereocenters. The molecule has 2 aromatic rings. The first-order chi connectivity index (χ1) is 11.8. The van der Waals surface area contributed by atoms with Gasteiger partial charge in [-0.05, 0) is 41.7 Å². The number of esters is 1. The molecule has 0 aliphatic carbocycles. The van der Waals surface area contributed by atoms with Gasteiger partial charge in [0.1, 0.15) is 0 Å². The highest BCUT2D eigenvalue weighted by atomic mass is 16.5. The number of methoxy groups -OCH3 is 1. The van der Waals surface area contributed by atoms with Gasteiger partial charge in [0, 0.05) is 6.61 Å². The molecule has 1 aliphatic rings. The third-order valence-corrected chi connectivity index (χ3v) is 4.17. The number of hydrogen-bond acceptors (Lipinski definition) is 4. The van der Waals surface area contributed by atoms with Crippen LogP contribution in [-0.2, 0) is 20.8 Å². The minimum Gasteiger partial charge on any atom is -0.465 e. The lowest BCUT2D eigenvalue weighted by Gasteiger charge is -2.13. The van der Waals surface area contributed by atoms with Crippen LogP contribution in [0.25, 0.3) is 11.1 Å². The van der Waals surface area contributed by atoms with Crippen LogP contribution < -0.4 is 0 Å². The van der Waals surface area contributed by atoms with Crippen molar-refractivity contribution in [2.24, 2.45) is 0 Å². The van der Waals surface area contributed by atoms with Crippen molar-refractivity contribution in [2.45, 2.75) is 25.6 Å². The Morgan fingerprint density at radius 2 is 2.04 bits per heavy atom. The van der Waals surface area contributed by atoms with Crippen LogP contribution in [0.1, 0.15) is 28.8 Å². The SMILES string of the molecule is COC(=O)c1ccc(COCC2CCCO2)cc1-c1ccccc1. The van der Waals surface area contributed by atoms with E-state index in [-0.39, 0.29) is 12.1 Å². The quantitative estimate of drug-likeness (QED) is 0.757. The summed E-state index contributed by atoms with van der Waals surface area (Å²) in [4.78, 5) is 12.0. The molecule has 0 bridgehead atoms. The summed E-state index contributed by atoms with van der Waals surface area (Å²) < 4.78 is 16.2. The Morgan fingerprint density at radius 3 is 2.75 bits per heavy atom. The Balaban J connectivity index is 1.77. The average molecular weight is 326 g/mol. The van der Waals surface area contributed by atoms with Gasteiger partial charge >= 0.3 is 5.97 Å². The van der Waals surface area contributed by atoms with E-state index in [4.69, 9.17) is 14.2 Å². The van der Waals surface area contributed by atoms with E-state index in [1.807, 2.05) is 42.5 Å². The molecule has 1 saturated heterocycles. The van der Waals surface area contributed by atoms with Gasteiger partial charge < -0.3 is 14.2 Å². The molecule has 0 N–H and O–H groups in total. The molecule has 1 heterocycles. The van der Waals surface area contributed by atoms with Crippen molar-refractivity contribution in [3.8, 4) is 11.1 Å². The minimum atomic E-state index is -0.333. The van der Waals surface area contributed by atoms with E-state index < -0.39 is 0 Å². The molecule has 126 valence electrons. The zero-order chi connectivity index (χ0) is 16.8. The largest absolute Gasteiger partial charge is 0.465 e. The Hall–Kier alpha value is -2.17. The smallest absolute Gasteiger partial charge is 0.338 e. The molecule has 0 radical (unpaired) electrons. The highest BCUT2D eigenvalue weighted by molar-refractivity contribution is 5.97. The van der Waals surface area contributed by atoms with E-state index in [1.165, 1.54) is 7.11 Å². The fourth-order valence-electron chi connectivity index (χ4n) is 2.91. The van der Waals surface area contributed by atoms with Gasteiger partial charge in [0.25, 0.3) is 0 Å². The first kappa shape index (κ1) is 16.7. The monoisotopic (exact) mass is 326 g/mol. The van der Waals surface area contributed by atoms with E-state index in [9.17, 15) is 4.79 Å². The zero-order valence-electron chi connectivity index (χ0n) is 13.9. The van der Waals surface area contributed by atoms with Crippen LogP contribution in [-0.4, -0.2) is 32.4 Å². The first-order valence-corrected chi connectivity index (χ1v) is 8.24. The van der Waals surface area contributed by atoms with Crippen LogP contribution in [0.2, 0.25) is 0 Å². The molecule has 24 heavy (non-hydrogen) atoms. The van der Waals surface area contributed by atoms with Crippen molar-refractivity contribution >= 4 is 5.97 Å². The number of benzene rings is 2. The molecule has 4 nitrogen and oxygen atoms in total. The molecule has 3 rings (SSSR count). The summed E-state index contributed by atoms with van der Waals surface area (Å²) in [5.74, 6) is -0.333. The minimum absolute atomic E-state index is 0.216. The summed E-state index contributed by atoms with van der Waals surface area (Å²) >= 11 is 0. The topological polar surface area (TPSA) is 44.8 Å². The fraction of sp³-hybridized carbons (Fsp3) is 0.350. The molecular weight excluding hydrogens is 304 g/mol. The van der Waals surface area contributed by atoms with Crippen LogP contribution in [0.5, 0.6) is 0 Å². The molecular formula is C20H22O4. The van der Waals surface area contributed by atoms with Crippen LogP contribution in [0.15, 0.2) is 48.5 Å². The lowest BCUT2D eigenvalue weighted by molar-refractivity contribution is 0.0106. The molecule has 0 spiro atoms. The van der Waals surface area contributed by atoms with Crippen LogP contribution in [0.4, 0.5) is 0 Å². The predicted molar refractivity (Wildman–Crippen MR) is 91.8 cm³/mol. The zero-order valence-corrected chi connectivity index (χ0v) is 13.9. The second-order valence-electron chi connectivity index (χ2n) is 5.89. The third-order valence-electron chi connectivity index (χ3n) is 4.17. The summed E-state index contributed by atoms with van der Waals surface area (Å²) in [6.07, 6.45) is 2.39. The summed E-state index contributed by atoms with van der Waals surface area (Å²) in [5, 5.41) is 0. The second kappa shape index (κ2) is 8.08. The van der Waals surface area contributed by atoms with Crippen molar-refractivity contribution in [3.63, 3.8) is 0 Å². The number of carbonyl (C=O) groups excluding carboxylic acids is 1. The van der Waals surface area contributed by atoms with Crippen molar-refractivity contribution in [2.75, 3.05) is 20.3 Å². The van der Waals surface area contributed by atoms with Gasteiger partial charge in [0.2, 0.25) is 0 Å². The molecule has 1 unspecified atom stereocenters. The van der Waals surface area contributed by atoms with E-state index in [2.05, 4.69) is 0 Å². The van der Waals surface area contributed by atoms with Gasteiger partial charge in [0.15, 0.2) is 0 Å². The molecule has 1 fully saturated rings. The Bertz CT molecular complexity index is 675. The maximum Gasteiger partial charge on any atom is 0.338 e. The third kappa shape index (κ3) is 4.02. The maximum absolute atomic E-state index is 12.0. The molecule has 2 aromatic carbocycles. The van der Waals surface area contributed by atoms with Crippen LogP contribution in [0.3, 0.4) is 0 Å². The normalized spacial score (nSPS) is 17.0. The van der Waals surface area contributed by atoms with Crippen molar-refractivity contribution in [1.82, 2.24) is 0 Å². The summed E-state index contributed by atoms with van der Waals surface area (Å²) in [7, 11) is 1.40. The van der Waals surface area contributed by atoms with Gasteiger partial charge in [-0.2, -0.15) is 0 Å². The Labute approximate surface area is 142 Å². The molecule has 1 aliphatic heterocycles. The predicted octanol–water partition coefficient (Wildman–Crippen LogP) is 3.84.